The van der Waals surface area contributed by atoms with E-state index in [-0.39, 0.29) is 5.78 Å². The molecule has 160 valence electrons. The lowest BCUT2D eigenvalue weighted by molar-refractivity contribution is 0.104. The van der Waals surface area contributed by atoms with Gasteiger partial charge in [0.1, 0.15) is 5.52 Å². The molecule has 0 spiro atoms. The Kier molecular flexibility index (Phi) is 4.49. The number of ketones is 1. The molecule has 2 aliphatic rings. The Morgan fingerprint density at radius 2 is 1.75 bits per heavy atom. The Labute approximate surface area is 187 Å². The van der Waals surface area contributed by atoms with Crippen LogP contribution < -0.4 is 10.2 Å². The fraction of sp³-hybridized carbons (Fsp3) is 0.259. The van der Waals surface area contributed by atoms with Crippen LogP contribution in [0.3, 0.4) is 0 Å². The van der Waals surface area contributed by atoms with Gasteiger partial charge in [0.15, 0.2) is 11.5 Å². The van der Waals surface area contributed by atoms with E-state index in [0.717, 1.165) is 59.7 Å². The normalized spacial score (nSPS) is 15.8. The maximum Gasteiger partial charge on any atom is 0.196 e. The van der Waals surface area contributed by atoms with Gasteiger partial charge in [0.2, 0.25) is 0 Å². The van der Waals surface area contributed by atoms with Crippen molar-refractivity contribution in [1.29, 1.82) is 0 Å². The zero-order valence-electron chi connectivity index (χ0n) is 18.1. The highest BCUT2D eigenvalue weighted by Gasteiger charge is 2.34. The first kappa shape index (κ1) is 19.1. The number of hydrogen-bond acceptors (Lipinski definition) is 5. The topological polar surface area (TPSA) is 58.4 Å². The lowest BCUT2D eigenvalue weighted by Crippen LogP contribution is -2.33. The summed E-state index contributed by atoms with van der Waals surface area (Å²) in [6.45, 7) is 4.93. The van der Waals surface area contributed by atoms with Gasteiger partial charge in [-0.05, 0) is 30.4 Å². The van der Waals surface area contributed by atoms with Crippen LogP contribution in [0.15, 0.2) is 65.2 Å². The fourth-order valence-electron chi connectivity index (χ4n) is 4.97. The molecule has 4 aromatic rings. The van der Waals surface area contributed by atoms with Crippen molar-refractivity contribution in [3.05, 3.63) is 77.4 Å². The molecule has 0 unspecified atom stereocenters. The molecule has 2 heterocycles. The highest BCUT2D eigenvalue weighted by molar-refractivity contribution is 6.28. The SMILES string of the molecule is CC1CCN(c2cc(NCc3ccccc3)c3c4c(onc24)-c2ccccc2C3=O)CC1. The average Bonchev–Trinajstić information content (AvgIpc) is 3.28. The molecule has 1 N–H and O–H groups in total. The van der Waals surface area contributed by atoms with E-state index < -0.39 is 0 Å². The van der Waals surface area contributed by atoms with Gasteiger partial charge in [-0.15, -0.1) is 0 Å². The largest absolute Gasteiger partial charge is 0.380 e. The van der Waals surface area contributed by atoms with Gasteiger partial charge in [-0.3, -0.25) is 4.79 Å². The molecule has 3 aromatic carbocycles. The van der Waals surface area contributed by atoms with Gasteiger partial charge in [0.25, 0.3) is 0 Å². The van der Waals surface area contributed by atoms with Crippen molar-refractivity contribution >= 4 is 28.1 Å². The van der Waals surface area contributed by atoms with Crippen LogP contribution in [0.2, 0.25) is 0 Å². The molecule has 1 fully saturated rings. The number of piperidine rings is 1. The number of benzene rings is 3. The van der Waals surface area contributed by atoms with Crippen molar-refractivity contribution in [2.75, 3.05) is 23.3 Å². The van der Waals surface area contributed by atoms with E-state index in [2.05, 4.69) is 40.5 Å². The molecule has 6 rings (SSSR count). The van der Waals surface area contributed by atoms with Crippen LogP contribution in [-0.2, 0) is 6.54 Å². The first-order chi connectivity index (χ1) is 15.7. The third-order valence-corrected chi connectivity index (χ3v) is 6.83. The number of rotatable bonds is 4. The third kappa shape index (κ3) is 3.00. The Hall–Kier alpha value is -3.60. The molecule has 1 aromatic heterocycles. The number of aromatic nitrogens is 1. The maximum absolute atomic E-state index is 13.6. The Morgan fingerprint density at radius 1 is 1.03 bits per heavy atom. The standard InChI is InChI=1S/C27H25N3O2/c1-17-11-13-30(14-12-17)22-15-21(28-16-18-7-3-2-4-8-18)23-24-25(22)29-32-27(24)20-10-6-5-9-19(20)26(23)31/h2-10,15,17,28H,11-14,16H2,1H3. The lowest BCUT2D eigenvalue weighted by Gasteiger charge is -2.33. The number of nitrogens with one attached hydrogen (secondary N) is 1. The van der Waals surface area contributed by atoms with Crippen LogP contribution >= 0.6 is 0 Å². The first-order valence-corrected chi connectivity index (χ1v) is 11.3. The van der Waals surface area contributed by atoms with Crippen LogP contribution in [0.5, 0.6) is 0 Å². The quantitative estimate of drug-likeness (QED) is 0.391. The van der Waals surface area contributed by atoms with Gasteiger partial charge in [-0.1, -0.05) is 66.7 Å². The molecular formula is C27H25N3O2. The highest BCUT2D eigenvalue weighted by Crippen LogP contribution is 2.46. The summed E-state index contributed by atoms with van der Waals surface area (Å²) in [6, 6.07) is 20.0. The van der Waals surface area contributed by atoms with Gasteiger partial charge < -0.3 is 14.7 Å². The van der Waals surface area contributed by atoms with Crippen LogP contribution in [0.4, 0.5) is 11.4 Å². The van der Waals surface area contributed by atoms with E-state index in [1.165, 1.54) is 5.56 Å². The van der Waals surface area contributed by atoms with Gasteiger partial charge in [-0.2, -0.15) is 0 Å². The molecular weight excluding hydrogens is 398 g/mol. The minimum Gasteiger partial charge on any atom is -0.380 e. The second-order valence-corrected chi connectivity index (χ2v) is 8.94. The second-order valence-electron chi connectivity index (χ2n) is 8.94. The number of nitrogens with zero attached hydrogens (tertiary/aromatic N) is 2. The zero-order chi connectivity index (χ0) is 21.7. The summed E-state index contributed by atoms with van der Waals surface area (Å²) in [5.41, 5.74) is 6.01. The van der Waals surface area contributed by atoms with Crippen molar-refractivity contribution < 1.29 is 9.32 Å². The van der Waals surface area contributed by atoms with Crippen molar-refractivity contribution in [2.45, 2.75) is 26.3 Å². The van der Waals surface area contributed by atoms with Crippen molar-refractivity contribution in [3.8, 4) is 11.3 Å². The molecule has 0 amide bonds. The molecule has 5 nitrogen and oxygen atoms in total. The van der Waals surface area contributed by atoms with Crippen molar-refractivity contribution in [3.63, 3.8) is 0 Å². The molecule has 1 saturated heterocycles. The molecule has 0 saturated carbocycles. The summed E-state index contributed by atoms with van der Waals surface area (Å²) in [7, 11) is 0. The van der Waals surface area contributed by atoms with Crippen LogP contribution in [0, 0.1) is 5.92 Å². The maximum atomic E-state index is 13.6. The van der Waals surface area contributed by atoms with E-state index in [0.29, 0.717) is 23.4 Å². The van der Waals surface area contributed by atoms with Gasteiger partial charge in [0, 0.05) is 36.4 Å². The smallest absolute Gasteiger partial charge is 0.196 e. The fourth-order valence-corrected chi connectivity index (χ4v) is 4.97. The predicted octanol–water partition coefficient (Wildman–Crippen LogP) is 5.89. The first-order valence-electron chi connectivity index (χ1n) is 11.3. The summed E-state index contributed by atoms with van der Waals surface area (Å²) in [6.07, 6.45) is 2.31. The number of fused-ring (bicyclic) bond motifs is 2. The van der Waals surface area contributed by atoms with Crippen LogP contribution in [0.25, 0.3) is 22.2 Å². The highest BCUT2D eigenvalue weighted by atomic mass is 16.5. The van der Waals surface area contributed by atoms with Crippen molar-refractivity contribution in [1.82, 2.24) is 5.16 Å². The Morgan fingerprint density at radius 3 is 2.53 bits per heavy atom. The van der Waals surface area contributed by atoms with Crippen LogP contribution in [0.1, 0.15) is 41.3 Å². The van der Waals surface area contributed by atoms with E-state index in [4.69, 9.17) is 4.52 Å². The van der Waals surface area contributed by atoms with Gasteiger partial charge >= 0.3 is 0 Å². The average molecular weight is 424 g/mol. The van der Waals surface area contributed by atoms with E-state index in [9.17, 15) is 4.79 Å². The monoisotopic (exact) mass is 423 g/mol. The summed E-state index contributed by atoms with van der Waals surface area (Å²) in [4.78, 5) is 16.0. The number of carbonyl (C=O) groups excluding carboxylic acids is 1. The molecule has 0 radical (unpaired) electrons. The molecule has 32 heavy (non-hydrogen) atoms. The minimum atomic E-state index is 0.0238. The summed E-state index contributed by atoms with van der Waals surface area (Å²) < 4.78 is 5.88. The summed E-state index contributed by atoms with van der Waals surface area (Å²) in [5, 5.41) is 8.87. The van der Waals surface area contributed by atoms with Gasteiger partial charge in [-0.25, -0.2) is 0 Å². The molecule has 5 heteroatoms. The van der Waals surface area contributed by atoms with Gasteiger partial charge in [0.05, 0.1) is 16.6 Å². The summed E-state index contributed by atoms with van der Waals surface area (Å²) in [5.74, 6) is 1.45. The summed E-state index contributed by atoms with van der Waals surface area (Å²) >= 11 is 0. The molecule has 0 bridgehead atoms. The van der Waals surface area contributed by atoms with Crippen LogP contribution in [-0.4, -0.2) is 24.0 Å². The second kappa shape index (κ2) is 7.52. The Balaban J connectivity index is 1.53. The molecule has 0 atom stereocenters. The van der Waals surface area contributed by atoms with E-state index >= 15 is 0 Å². The zero-order valence-corrected chi connectivity index (χ0v) is 18.1. The number of carbonyl (C=O) groups is 1. The van der Waals surface area contributed by atoms with Crippen molar-refractivity contribution in [2.24, 2.45) is 5.92 Å². The number of anilines is 2. The minimum absolute atomic E-state index is 0.0238. The van der Waals surface area contributed by atoms with E-state index in [1.54, 1.807) is 0 Å². The van der Waals surface area contributed by atoms with E-state index in [1.807, 2.05) is 42.5 Å². The molecule has 1 aliphatic heterocycles. The third-order valence-electron chi connectivity index (χ3n) is 6.83. The number of hydrogen-bond donors (Lipinski definition) is 1. The predicted molar refractivity (Wildman–Crippen MR) is 127 cm³/mol. The Bertz CT molecular complexity index is 1320. The lowest BCUT2D eigenvalue weighted by atomic mass is 9.86. The molecule has 1 aliphatic carbocycles.